The molecule has 3 aromatic rings. The molecule has 0 heterocycles. The minimum Gasteiger partial charge on any atom is -0.506 e. The Morgan fingerprint density at radius 2 is 1.41 bits per heavy atom. The molecule has 0 amide bonds. The molecular formula is C25H21Cl3O6. The lowest BCUT2D eigenvalue weighted by molar-refractivity contribution is 0.0465. The number of carboxylic acid groups (broad SMARTS) is 1. The van der Waals surface area contributed by atoms with E-state index >= 15 is 0 Å². The monoisotopic (exact) mass is 522 g/mol. The van der Waals surface area contributed by atoms with Gasteiger partial charge in [0.05, 0.1) is 26.2 Å². The van der Waals surface area contributed by atoms with Crippen LogP contribution in [0.25, 0.3) is 0 Å². The Balaban J connectivity index is 0.000000229. The smallest absolute Gasteiger partial charge is 0.338 e. The first-order chi connectivity index (χ1) is 16.0. The highest BCUT2D eigenvalue weighted by Gasteiger charge is 2.45. The first kappa shape index (κ1) is 25.7. The molecule has 6 nitrogen and oxygen atoms in total. The molecule has 0 radical (unpaired) electrons. The standard InChI is InChI=1S/C17H14Cl2O3.C8H7ClO3/c18-13-8-11(9-14(19)15(13)20)16(21)22-10-17(6-7-17)12-4-2-1-3-5-12;1-4-2-5(8(11)12)3-6(9)7(4)10/h1-5,8-9,20H,6-7,10H2;2-3,10H,1H3,(H,11,12). The van der Waals surface area contributed by atoms with Crippen molar-refractivity contribution >= 4 is 46.7 Å². The number of aromatic carboxylic acids is 1. The number of rotatable bonds is 5. The zero-order valence-electron chi connectivity index (χ0n) is 18.0. The van der Waals surface area contributed by atoms with E-state index in [0.29, 0.717) is 12.2 Å². The third kappa shape index (κ3) is 5.95. The number of carboxylic acids is 1. The van der Waals surface area contributed by atoms with Gasteiger partial charge in [-0.05, 0) is 55.2 Å². The lowest BCUT2D eigenvalue weighted by Crippen LogP contribution is -2.18. The van der Waals surface area contributed by atoms with Gasteiger partial charge < -0.3 is 20.1 Å². The first-order valence-electron chi connectivity index (χ1n) is 10.2. The molecule has 9 heteroatoms. The molecule has 1 aliphatic carbocycles. The van der Waals surface area contributed by atoms with Gasteiger partial charge in [0.2, 0.25) is 0 Å². The van der Waals surface area contributed by atoms with Crippen LogP contribution in [0.3, 0.4) is 0 Å². The number of esters is 1. The van der Waals surface area contributed by atoms with Gasteiger partial charge in [0.25, 0.3) is 0 Å². The Bertz CT molecular complexity index is 1180. The summed E-state index contributed by atoms with van der Waals surface area (Å²) in [4.78, 5) is 22.6. The molecule has 0 saturated heterocycles. The van der Waals surface area contributed by atoms with Crippen LogP contribution in [0.4, 0.5) is 0 Å². The molecule has 4 rings (SSSR count). The fraction of sp³-hybridized carbons (Fsp3) is 0.200. The minimum absolute atomic E-state index is 0.0312. The normalized spacial score (nSPS) is 13.4. The van der Waals surface area contributed by atoms with E-state index in [0.717, 1.165) is 12.8 Å². The number of benzene rings is 3. The van der Waals surface area contributed by atoms with Gasteiger partial charge >= 0.3 is 11.9 Å². The average Bonchev–Trinajstić information content (AvgIpc) is 3.61. The molecule has 0 bridgehead atoms. The lowest BCUT2D eigenvalue weighted by atomic mass is 9.97. The van der Waals surface area contributed by atoms with Crippen LogP contribution in [0.5, 0.6) is 11.5 Å². The summed E-state index contributed by atoms with van der Waals surface area (Å²) in [5.74, 6) is -1.85. The number of aryl methyl sites for hydroxylation is 1. The minimum atomic E-state index is -1.06. The van der Waals surface area contributed by atoms with Crippen molar-refractivity contribution in [3.63, 3.8) is 0 Å². The second-order valence-electron chi connectivity index (χ2n) is 7.94. The summed E-state index contributed by atoms with van der Waals surface area (Å²) in [5, 5.41) is 27.4. The van der Waals surface area contributed by atoms with Crippen LogP contribution >= 0.6 is 34.8 Å². The Morgan fingerprint density at radius 3 is 1.91 bits per heavy atom. The SMILES string of the molecule is Cc1cc(C(=O)O)cc(Cl)c1O.O=C(OCC1(c2ccccc2)CC1)c1cc(Cl)c(O)c(Cl)c1. The van der Waals surface area contributed by atoms with Crippen molar-refractivity contribution < 1.29 is 29.6 Å². The summed E-state index contributed by atoms with van der Waals surface area (Å²) < 4.78 is 5.42. The topological polar surface area (TPSA) is 104 Å². The summed E-state index contributed by atoms with van der Waals surface area (Å²) in [7, 11) is 0. The molecular weight excluding hydrogens is 503 g/mol. The number of hydrogen-bond acceptors (Lipinski definition) is 5. The third-order valence-electron chi connectivity index (χ3n) is 5.47. The van der Waals surface area contributed by atoms with Gasteiger partial charge in [0, 0.05) is 5.41 Å². The number of ether oxygens (including phenoxy) is 1. The number of phenolic OH excluding ortho intramolecular Hbond substituents is 2. The summed E-state index contributed by atoms with van der Waals surface area (Å²) in [5.41, 5.74) is 1.89. The van der Waals surface area contributed by atoms with E-state index in [9.17, 15) is 19.8 Å². The third-order valence-corrected chi connectivity index (χ3v) is 6.34. The highest BCUT2D eigenvalue weighted by molar-refractivity contribution is 6.37. The number of phenols is 2. The van der Waals surface area contributed by atoms with Crippen LogP contribution in [-0.4, -0.2) is 33.9 Å². The molecule has 1 fully saturated rings. The van der Waals surface area contributed by atoms with E-state index < -0.39 is 11.9 Å². The molecule has 0 atom stereocenters. The van der Waals surface area contributed by atoms with Crippen molar-refractivity contribution in [1.29, 1.82) is 0 Å². The van der Waals surface area contributed by atoms with Crippen molar-refractivity contribution in [3.05, 3.63) is 91.9 Å². The Hall–Kier alpha value is -2.93. The highest BCUT2D eigenvalue weighted by Crippen LogP contribution is 2.48. The number of halogens is 3. The zero-order valence-corrected chi connectivity index (χ0v) is 20.3. The summed E-state index contributed by atoms with van der Waals surface area (Å²) in [6, 6.07) is 15.3. The molecule has 0 aromatic heterocycles. The summed E-state index contributed by atoms with van der Waals surface area (Å²) in [6.07, 6.45) is 2.00. The highest BCUT2D eigenvalue weighted by atomic mass is 35.5. The van der Waals surface area contributed by atoms with Crippen LogP contribution in [0.2, 0.25) is 15.1 Å². The van der Waals surface area contributed by atoms with Crippen LogP contribution in [0, 0.1) is 6.92 Å². The van der Waals surface area contributed by atoms with Crippen LogP contribution < -0.4 is 0 Å². The van der Waals surface area contributed by atoms with Gasteiger partial charge in [-0.25, -0.2) is 9.59 Å². The van der Waals surface area contributed by atoms with E-state index in [1.807, 2.05) is 18.2 Å². The van der Waals surface area contributed by atoms with Crippen LogP contribution in [0.1, 0.15) is 44.7 Å². The van der Waals surface area contributed by atoms with Crippen molar-refractivity contribution in [2.75, 3.05) is 6.61 Å². The van der Waals surface area contributed by atoms with Crippen molar-refractivity contribution in [3.8, 4) is 11.5 Å². The van der Waals surface area contributed by atoms with Gasteiger partial charge in [-0.15, -0.1) is 0 Å². The number of carbonyl (C=O) groups excluding carboxylic acids is 1. The predicted octanol–water partition coefficient (Wildman–Crippen LogP) is 6.64. The van der Waals surface area contributed by atoms with Gasteiger partial charge in [0.1, 0.15) is 12.4 Å². The average molecular weight is 524 g/mol. The molecule has 3 N–H and O–H groups in total. The van der Waals surface area contributed by atoms with Crippen LogP contribution in [-0.2, 0) is 10.2 Å². The molecule has 0 aliphatic heterocycles. The molecule has 3 aromatic carbocycles. The molecule has 0 unspecified atom stereocenters. The Labute approximate surface area is 211 Å². The molecule has 0 spiro atoms. The Morgan fingerprint density at radius 1 is 0.882 bits per heavy atom. The maximum absolute atomic E-state index is 12.1. The number of aromatic hydroxyl groups is 2. The molecule has 34 heavy (non-hydrogen) atoms. The molecule has 1 saturated carbocycles. The molecule has 178 valence electrons. The van der Waals surface area contributed by atoms with Crippen LogP contribution in [0.15, 0.2) is 54.6 Å². The van der Waals surface area contributed by atoms with Crippen molar-refractivity contribution in [2.24, 2.45) is 0 Å². The number of carbonyl (C=O) groups is 2. The van der Waals surface area contributed by atoms with Gasteiger partial charge in [0.15, 0.2) is 5.75 Å². The van der Waals surface area contributed by atoms with Gasteiger partial charge in [-0.2, -0.15) is 0 Å². The number of hydrogen-bond donors (Lipinski definition) is 3. The largest absolute Gasteiger partial charge is 0.506 e. The van der Waals surface area contributed by atoms with E-state index in [1.54, 1.807) is 6.92 Å². The van der Waals surface area contributed by atoms with Gasteiger partial charge in [-0.1, -0.05) is 65.1 Å². The quantitative estimate of drug-likeness (QED) is 0.324. The fourth-order valence-corrected chi connectivity index (χ4v) is 4.04. The van der Waals surface area contributed by atoms with Crippen molar-refractivity contribution in [2.45, 2.75) is 25.2 Å². The van der Waals surface area contributed by atoms with E-state index in [4.69, 9.17) is 44.6 Å². The first-order valence-corrected chi connectivity index (χ1v) is 11.3. The Kier molecular flexibility index (Phi) is 7.97. The second-order valence-corrected chi connectivity index (χ2v) is 9.16. The maximum Gasteiger partial charge on any atom is 0.338 e. The maximum atomic E-state index is 12.1. The zero-order chi connectivity index (χ0) is 25.0. The summed E-state index contributed by atoms with van der Waals surface area (Å²) >= 11 is 17.2. The van der Waals surface area contributed by atoms with Crippen molar-refractivity contribution in [1.82, 2.24) is 0 Å². The molecule has 1 aliphatic rings. The van der Waals surface area contributed by atoms with E-state index in [1.165, 1.54) is 29.8 Å². The van der Waals surface area contributed by atoms with Gasteiger partial charge in [-0.3, -0.25) is 0 Å². The predicted molar refractivity (Wildman–Crippen MR) is 131 cm³/mol. The summed E-state index contributed by atoms with van der Waals surface area (Å²) in [6.45, 7) is 1.92. The fourth-order valence-electron chi connectivity index (χ4n) is 3.29. The lowest BCUT2D eigenvalue weighted by Gasteiger charge is -2.16. The van der Waals surface area contributed by atoms with E-state index in [2.05, 4.69) is 12.1 Å². The second kappa shape index (κ2) is 10.6. The van der Waals surface area contributed by atoms with E-state index in [-0.39, 0.29) is 43.1 Å².